The third-order valence-electron chi connectivity index (χ3n) is 4.36. The molecule has 1 N–H and O–H groups in total. The Hall–Kier alpha value is -2.67. The van der Waals surface area contributed by atoms with Crippen LogP contribution in [0.2, 0.25) is 0 Å². The topological polar surface area (TPSA) is 54.7 Å². The minimum absolute atomic E-state index is 0.311. The number of hydrogen-bond donors (Lipinski definition) is 1. The van der Waals surface area contributed by atoms with Crippen molar-refractivity contribution < 1.29 is 9.13 Å². The number of halogens is 1. The third kappa shape index (κ3) is 3.15. The van der Waals surface area contributed by atoms with E-state index < -0.39 is 0 Å². The van der Waals surface area contributed by atoms with Gasteiger partial charge in [0.05, 0.1) is 12.8 Å². The van der Waals surface area contributed by atoms with E-state index in [1.807, 2.05) is 19.3 Å². The molecule has 2 aromatic heterocycles. The first-order chi connectivity index (χ1) is 12.2. The fourth-order valence-electron chi connectivity index (χ4n) is 2.94. The van der Waals surface area contributed by atoms with Crippen LogP contribution in [0.15, 0.2) is 36.7 Å². The fraction of sp³-hybridized carbons (Fsp3) is 0.333. The van der Waals surface area contributed by atoms with Crippen LogP contribution in [0.25, 0.3) is 16.8 Å². The zero-order valence-electron chi connectivity index (χ0n) is 14.1. The lowest BCUT2D eigenvalue weighted by atomic mass is 10.1. The normalized spacial score (nSPS) is 15.7. The number of fused-ring (bicyclic) bond motifs is 4. The summed E-state index contributed by atoms with van der Waals surface area (Å²) in [7, 11) is 2.00. The van der Waals surface area contributed by atoms with Crippen LogP contribution in [0.5, 0.6) is 5.75 Å². The summed E-state index contributed by atoms with van der Waals surface area (Å²) in [6.07, 6.45) is 4.38. The summed E-state index contributed by atoms with van der Waals surface area (Å²) in [6, 6.07) is 6.72. The van der Waals surface area contributed by atoms with Gasteiger partial charge in [0.15, 0.2) is 5.65 Å². The van der Waals surface area contributed by atoms with Gasteiger partial charge in [-0.1, -0.05) is 0 Å². The molecule has 4 bridgehead atoms. The quantitative estimate of drug-likeness (QED) is 0.680. The lowest BCUT2D eigenvalue weighted by Crippen LogP contribution is -2.30. The number of rotatable bonds is 0. The number of nitrogens with one attached hydrogen (secondary N) is 1. The van der Waals surface area contributed by atoms with E-state index in [4.69, 9.17) is 9.72 Å². The van der Waals surface area contributed by atoms with Gasteiger partial charge in [-0.15, -0.1) is 0 Å². The molecule has 1 aromatic carbocycles. The third-order valence-corrected chi connectivity index (χ3v) is 4.36. The molecule has 7 heteroatoms. The zero-order chi connectivity index (χ0) is 17.2. The lowest BCUT2D eigenvalue weighted by molar-refractivity contribution is 0.308. The maximum Gasteiger partial charge on any atom is 0.165 e. The Morgan fingerprint density at radius 2 is 2.12 bits per heavy atom. The number of aromatic nitrogens is 3. The van der Waals surface area contributed by atoms with E-state index in [0.29, 0.717) is 29.1 Å². The molecule has 25 heavy (non-hydrogen) atoms. The highest BCUT2D eigenvalue weighted by atomic mass is 19.1. The summed E-state index contributed by atoms with van der Waals surface area (Å²) in [4.78, 5) is 6.77. The number of nitrogens with zero attached hydrogens (tertiary/aromatic N) is 4. The van der Waals surface area contributed by atoms with Gasteiger partial charge in [0, 0.05) is 37.5 Å². The van der Waals surface area contributed by atoms with Gasteiger partial charge in [-0.2, -0.15) is 5.10 Å². The van der Waals surface area contributed by atoms with Gasteiger partial charge in [-0.25, -0.2) is 13.9 Å². The number of anilines is 1. The molecule has 0 unspecified atom stereocenters. The highest BCUT2D eigenvalue weighted by Crippen LogP contribution is 2.30. The smallest absolute Gasteiger partial charge is 0.165 e. The molecular weight excluding hydrogens is 321 g/mol. The molecule has 0 amide bonds. The standard InChI is InChI=1S/C18H20FN5O/c1-23-9-7-20-6-2-10-25-13-3-4-16(19)14(11-13)15-12-21-24-8-5-17(23)22-18(15)24/h3-5,8,11-12,20H,2,6-7,9-10H2,1H3. The predicted octanol–water partition coefficient (Wildman–Crippen LogP) is 2.34. The van der Waals surface area contributed by atoms with Crippen molar-refractivity contribution in [3.05, 3.63) is 42.5 Å². The Morgan fingerprint density at radius 1 is 1.20 bits per heavy atom. The van der Waals surface area contributed by atoms with Crippen LogP contribution in [0.3, 0.4) is 0 Å². The summed E-state index contributed by atoms with van der Waals surface area (Å²) < 4.78 is 21.9. The Morgan fingerprint density at radius 3 is 3.04 bits per heavy atom. The van der Waals surface area contributed by atoms with Crippen LogP contribution in [-0.4, -0.2) is 47.9 Å². The van der Waals surface area contributed by atoms with Crippen LogP contribution in [-0.2, 0) is 0 Å². The molecule has 1 aliphatic rings. The van der Waals surface area contributed by atoms with Crippen molar-refractivity contribution in [2.45, 2.75) is 6.42 Å². The van der Waals surface area contributed by atoms with Crippen molar-refractivity contribution in [3.63, 3.8) is 0 Å². The van der Waals surface area contributed by atoms with E-state index in [0.717, 1.165) is 31.9 Å². The fourth-order valence-corrected chi connectivity index (χ4v) is 2.94. The Balaban J connectivity index is 1.85. The first kappa shape index (κ1) is 15.8. The number of ether oxygens (including phenoxy) is 1. The minimum Gasteiger partial charge on any atom is -0.494 e. The predicted molar refractivity (Wildman–Crippen MR) is 94.6 cm³/mol. The molecule has 0 saturated carbocycles. The summed E-state index contributed by atoms with van der Waals surface area (Å²) in [5.41, 5.74) is 1.74. The molecule has 3 aromatic rings. The minimum atomic E-state index is -0.311. The van der Waals surface area contributed by atoms with Crippen molar-refractivity contribution in [1.82, 2.24) is 19.9 Å². The monoisotopic (exact) mass is 341 g/mol. The number of likely N-dealkylation sites (N-methyl/N-ethyl adjacent to an activating group) is 1. The maximum atomic E-state index is 14.4. The number of hydrogen-bond acceptors (Lipinski definition) is 5. The highest BCUT2D eigenvalue weighted by Gasteiger charge is 2.15. The second-order valence-electron chi connectivity index (χ2n) is 6.13. The van der Waals surface area contributed by atoms with Gasteiger partial charge >= 0.3 is 0 Å². The Kier molecular flexibility index (Phi) is 4.23. The molecule has 0 aliphatic carbocycles. The van der Waals surface area contributed by atoms with Gasteiger partial charge in [0.25, 0.3) is 0 Å². The van der Waals surface area contributed by atoms with Crippen molar-refractivity contribution in [1.29, 1.82) is 0 Å². The van der Waals surface area contributed by atoms with E-state index >= 15 is 0 Å². The van der Waals surface area contributed by atoms with Crippen molar-refractivity contribution in [2.75, 3.05) is 38.2 Å². The second-order valence-corrected chi connectivity index (χ2v) is 6.13. The molecule has 3 heterocycles. The SMILES string of the molecule is CN1CCNCCCOc2ccc(F)c(c2)-c2cnn3ccc1nc23. The largest absolute Gasteiger partial charge is 0.494 e. The van der Waals surface area contributed by atoms with Crippen LogP contribution >= 0.6 is 0 Å². The highest BCUT2D eigenvalue weighted by molar-refractivity contribution is 5.78. The molecule has 130 valence electrons. The molecule has 0 atom stereocenters. The maximum absolute atomic E-state index is 14.4. The Labute approximate surface area is 145 Å². The zero-order valence-corrected chi connectivity index (χ0v) is 14.1. The molecular formula is C18H20FN5O. The average Bonchev–Trinajstić information content (AvgIpc) is 3.04. The van der Waals surface area contributed by atoms with Crippen LogP contribution < -0.4 is 15.0 Å². The van der Waals surface area contributed by atoms with Crippen LogP contribution in [0.4, 0.5) is 10.2 Å². The first-order valence-corrected chi connectivity index (χ1v) is 8.41. The van der Waals surface area contributed by atoms with Gasteiger partial charge < -0.3 is 15.0 Å². The van der Waals surface area contributed by atoms with Gasteiger partial charge in [0.2, 0.25) is 0 Å². The van der Waals surface area contributed by atoms with Crippen LogP contribution in [0, 0.1) is 5.82 Å². The van der Waals surface area contributed by atoms with Crippen molar-refractivity contribution >= 4 is 11.5 Å². The Bertz CT molecular complexity index is 894. The second kappa shape index (κ2) is 6.68. The van der Waals surface area contributed by atoms with Crippen molar-refractivity contribution in [2.24, 2.45) is 0 Å². The lowest BCUT2D eigenvalue weighted by Gasteiger charge is -2.18. The molecule has 0 spiro atoms. The summed E-state index contributed by atoms with van der Waals surface area (Å²) in [5.74, 6) is 1.17. The number of benzene rings is 1. The summed E-state index contributed by atoms with van der Waals surface area (Å²) >= 11 is 0. The van der Waals surface area contributed by atoms with E-state index in [-0.39, 0.29) is 5.82 Å². The van der Waals surface area contributed by atoms with Crippen molar-refractivity contribution in [3.8, 4) is 16.9 Å². The van der Waals surface area contributed by atoms with E-state index in [1.165, 1.54) is 6.07 Å². The van der Waals surface area contributed by atoms with Gasteiger partial charge in [0.1, 0.15) is 17.4 Å². The molecule has 0 radical (unpaired) electrons. The summed E-state index contributed by atoms with van der Waals surface area (Å²) in [6.45, 7) is 3.15. The molecule has 0 fully saturated rings. The van der Waals surface area contributed by atoms with Crippen LogP contribution in [0.1, 0.15) is 6.42 Å². The van der Waals surface area contributed by atoms with E-state index in [1.54, 1.807) is 22.8 Å². The molecule has 0 saturated heterocycles. The molecule has 6 nitrogen and oxygen atoms in total. The first-order valence-electron chi connectivity index (χ1n) is 8.41. The molecule has 1 aliphatic heterocycles. The average molecular weight is 341 g/mol. The summed E-state index contributed by atoms with van der Waals surface area (Å²) in [5, 5.41) is 7.70. The van der Waals surface area contributed by atoms with Gasteiger partial charge in [-0.3, -0.25) is 0 Å². The van der Waals surface area contributed by atoms with E-state index in [2.05, 4.69) is 15.3 Å². The van der Waals surface area contributed by atoms with E-state index in [9.17, 15) is 4.39 Å². The van der Waals surface area contributed by atoms with Gasteiger partial charge in [-0.05, 0) is 37.2 Å². The molecule has 4 rings (SSSR count).